The summed E-state index contributed by atoms with van der Waals surface area (Å²) in [7, 11) is 1.86. The Morgan fingerprint density at radius 1 is 1.06 bits per heavy atom. The minimum atomic E-state index is -0.0622. The molecule has 1 fully saturated rings. The molecule has 4 aromatic heterocycles. The van der Waals surface area contributed by atoms with Crippen molar-refractivity contribution in [1.29, 1.82) is 0 Å². The van der Waals surface area contributed by atoms with Crippen LogP contribution >= 0.6 is 11.3 Å². The SMILES string of the molecule is Cc1nn(C)c2nc(-c3ccccc3)cc(C(=O)N3CCN(Cc4cc(=O)n5ccsc5n4)CC3)c12. The van der Waals surface area contributed by atoms with Gasteiger partial charge in [-0.15, -0.1) is 11.3 Å². The smallest absolute Gasteiger partial charge is 0.258 e. The van der Waals surface area contributed by atoms with Gasteiger partial charge < -0.3 is 4.90 Å². The van der Waals surface area contributed by atoms with Gasteiger partial charge in [-0.05, 0) is 13.0 Å². The highest BCUT2D eigenvalue weighted by Crippen LogP contribution is 2.28. The maximum absolute atomic E-state index is 13.8. The highest BCUT2D eigenvalue weighted by Gasteiger charge is 2.26. The molecule has 10 heteroatoms. The van der Waals surface area contributed by atoms with Gasteiger partial charge in [-0.1, -0.05) is 30.3 Å². The molecule has 0 atom stereocenters. The Balaban J connectivity index is 1.24. The molecular weight excluding hydrogens is 474 g/mol. The van der Waals surface area contributed by atoms with Crippen LogP contribution in [0.5, 0.6) is 0 Å². The van der Waals surface area contributed by atoms with Crippen LogP contribution in [0.2, 0.25) is 0 Å². The predicted molar refractivity (Wildman–Crippen MR) is 139 cm³/mol. The van der Waals surface area contributed by atoms with Gasteiger partial charge in [0.1, 0.15) is 0 Å². The zero-order chi connectivity index (χ0) is 24.8. The Morgan fingerprint density at radius 2 is 1.83 bits per heavy atom. The number of piperazine rings is 1. The van der Waals surface area contributed by atoms with Gasteiger partial charge in [0.15, 0.2) is 10.6 Å². The second kappa shape index (κ2) is 8.96. The maximum Gasteiger partial charge on any atom is 0.258 e. The molecular formula is C26H25N7O2S. The summed E-state index contributed by atoms with van der Waals surface area (Å²) in [6.07, 6.45) is 1.74. The number of hydrogen-bond donors (Lipinski definition) is 0. The number of pyridine rings is 1. The molecule has 0 N–H and O–H groups in total. The summed E-state index contributed by atoms with van der Waals surface area (Å²) in [5.74, 6) is -0.00768. The standard InChI is InChI=1S/C26H25N7O2S/c1-17-23-20(15-21(18-6-4-3-5-7-18)28-24(23)30(2)29-17)25(35)32-10-8-31(9-11-32)16-19-14-22(34)33-12-13-36-26(33)27-19/h3-7,12-15H,8-11,16H2,1-2H3. The highest BCUT2D eigenvalue weighted by molar-refractivity contribution is 7.15. The van der Waals surface area contributed by atoms with Gasteiger partial charge in [0.25, 0.3) is 11.5 Å². The Morgan fingerprint density at radius 3 is 2.61 bits per heavy atom. The molecule has 6 rings (SSSR count). The van der Waals surface area contributed by atoms with Crippen LogP contribution in [-0.4, -0.2) is 66.0 Å². The lowest BCUT2D eigenvalue weighted by molar-refractivity contribution is 0.0629. The van der Waals surface area contributed by atoms with E-state index < -0.39 is 0 Å². The molecule has 0 bridgehead atoms. The second-order valence-electron chi connectivity index (χ2n) is 9.04. The normalized spacial score (nSPS) is 14.7. The molecule has 5 heterocycles. The molecule has 5 aromatic rings. The van der Waals surface area contributed by atoms with E-state index in [1.54, 1.807) is 21.3 Å². The molecule has 1 aliphatic heterocycles. The number of aryl methyl sites for hydroxylation is 2. The van der Waals surface area contributed by atoms with Crippen molar-refractivity contribution in [3.05, 3.63) is 81.3 Å². The maximum atomic E-state index is 13.8. The lowest BCUT2D eigenvalue weighted by Crippen LogP contribution is -2.48. The third kappa shape index (κ3) is 3.98. The van der Waals surface area contributed by atoms with Gasteiger partial charge in [0, 0.05) is 63.0 Å². The summed E-state index contributed by atoms with van der Waals surface area (Å²) in [5.41, 5.74) is 4.55. The number of aromatic nitrogens is 5. The Labute approximate surface area is 211 Å². The summed E-state index contributed by atoms with van der Waals surface area (Å²) < 4.78 is 3.30. The Hall–Kier alpha value is -3.89. The van der Waals surface area contributed by atoms with Gasteiger partial charge in [0.2, 0.25) is 0 Å². The summed E-state index contributed by atoms with van der Waals surface area (Å²) in [6.45, 7) is 5.13. The van der Waals surface area contributed by atoms with Crippen LogP contribution in [-0.2, 0) is 13.6 Å². The third-order valence-corrected chi connectivity index (χ3v) is 7.43. The van der Waals surface area contributed by atoms with Crippen molar-refractivity contribution in [1.82, 2.24) is 33.9 Å². The number of nitrogens with zero attached hydrogens (tertiary/aromatic N) is 7. The molecule has 1 amide bonds. The van der Waals surface area contributed by atoms with Crippen molar-refractivity contribution in [2.75, 3.05) is 26.2 Å². The molecule has 1 aromatic carbocycles. The van der Waals surface area contributed by atoms with E-state index in [0.717, 1.165) is 28.0 Å². The van der Waals surface area contributed by atoms with Crippen molar-refractivity contribution < 1.29 is 4.79 Å². The molecule has 0 aliphatic carbocycles. The fourth-order valence-electron chi connectivity index (χ4n) is 4.85. The summed E-state index contributed by atoms with van der Waals surface area (Å²) in [6, 6.07) is 13.4. The van der Waals surface area contributed by atoms with Gasteiger partial charge in [0.05, 0.1) is 28.0 Å². The minimum absolute atomic E-state index is 0.00768. The van der Waals surface area contributed by atoms with Crippen LogP contribution in [0.4, 0.5) is 0 Å². The number of fused-ring (bicyclic) bond motifs is 2. The molecule has 0 saturated carbocycles. The Kier molecular flexibility index (Phi) is 5.62. The predicted octanol–water partition coefficient (Wildman–Crippen LogP) is 2.97. The molecule has 9 nitrogen and oxygen atoms in total. The molecule has 1 saturated heterocycles. The number of rotatable bonds is 4. The largest absolute Gasteiger partial charge is 0.336 e. The molecule has 0 spiro atoms. The van der Waals surface area contributed by atoms with Crippen molar-refractivity contribution in [2.24, 2.45) is 7.05 Å². The first-order valence-corrected chi connectivity index (χ1v) is 12.7. The summed E-state index contributed by atoms with van der Waals surface area (Å²) in [4.78, 5) is 40.4. The van der Waals surface area contributed by atoms with Crippen molar-refractivity contribution in [2.45, 2.75) is 13.5 Å². The van der Waals surface area contributed by atoms with E-state index in [2.05, 4.69) is 15.0 Å². The first-order chi connectivity index (χ1) is 17.5. The van der Waals surface area contributed by atoms with Crippen LogP contribution < -0.4 is 5.56 Å². The van der Waals surface area contributed by atoms with Gasteiger partial charge >= 0.3 is 0 Å². The number of thiazole rings is 1. The monoisotopic (exact) mass is 499 g/mol. The van der Waals surface area contributed by atoms with Crippen molar-refractivity contribution in [3.63, 3.8) is 0 Å². The first kappa shape index (κ1) is 22.6. The minimum Gasteiger partial charge on any atom is -0.336 e. The van der Waals surface area contributed by atoms with Gasteiger partial charge in [-0.25, -0.2) is 9.97 Å². The van der Waals surface area contributed by atoms with Crippen LogP contribution in [0.3, 0.4) is 0 Å². The second-order valence-corrected chi connectivity index (χ2v) is 9.91. The number of hydrogen-bond acceptors (Lipinski definition) is 7. The number of carbonyl (C=O) groups excluding carboxylic acids is 1. The van der Waals surface area contributed by atoms with E-state index in [-0.39, 0.29) is 11.5 Å². The topological polar surface area (TPSA) is 88.6 Å². The van der Waals surface area contributed by atoms with Crippen LogP contribution in [0.1, 0.15) is 21.7 Å². The molecule has 0 unspecified atom stereocenters. The van der Waals surface area contributed by atoms with Crippen LogP contribution in [0, 0.1) is 6.92 Å². The van der Waals surface area contributed by atoms with Crippen molar-refractivity contribution in [3.8, 4) is 11.3 Å². The molecule has 1 aliphatic rings. The molecule has 0 radical (unpaired) electrons. The summed E-state index contributed by atoms with van der Waals surface area (Å²) >= 11 is 1.45. The lowest BCUT2D eigenvalue weighted by Gasteiger charge is -2.34. The lowest BCUT2D eigenvalue weighted by atomic mass is 10.0. The van der Waals surface area contributed by atoms with E-state index in [4.69, 9.17) is 4.98 Å². The van der Waals surface area contributed by atoms with E-state index in [0.29, 0.717) is 48.9 Å². The van der Waals surface area contributed by atoms with Crippen molar-refractivity contribution >= 4 is 33.2 Å². The quantitative estimate of drug-likeness (QED) is 0.378. The van der Waals surface area contributed by atoms with E-state index in [1.165, 1.54) is 11.3 Å². The summed E-state index contributed by atoms with van der Waals surface area (Å²) in [5, 5.41) is 7.21. The zero-order valence-corrected chi connectivity index (χ0v) is 20.9. The third-order valence-electron chi connectivity index (χ3n) is 6.67. The van der Waals surface area contributed by atoms with Gasteiger partial charge in [-0.3, -0.25) is 23.6 Å². The number of amides is 1. The molecule has 36 heavy (non-hydrogen) atoms. The average molecular weight is 500 g/mol. The zero-order valence-electron chi connectivity index (χ0n) is 20.1. The van der Waals surface area contributed by atoms with E-state index >= 15 is 0 Å². The van der Waals surface area contributed by atoms with Crippen LogP contribution in [0.15, 0.2) is 58.8 Å². The highest BCUT2D eigenvalue weighted by atomic mass is 32.1. The van der Waals surface area contributed by atoms with Gasteiger partial charge in [-0.2, -0.15) is 5.10 Å². The first-order valence-electron chi connectivity index (χ1n) is 11.8. The Bertz CT molecular complexity index is 1650. The number of benzene rings is 1. The van der Waals surface area contributed by atoms with Crippen LogP contribution in [0.25, 0.3) is 27.3 Å². The fourth-order valence-corrected chi connectivity index (χ4v) is 5.59. The fraction of sp³-hybridized carbons (Fsp3) is 0.269. The van der Waals surface area contributed by atoms with E-state index in [9.17, 15) is 9.59 Å². The van der Waals surface area contributed by atoms with E-state index in [1.807, 2.05) is 60.6 Å². The molecule has 182 valence electrons. The average Bonchev–Trinajstić information content (AvgIpc) is 3.48. The number of carbonyl (C=O) groups is 1.